The van der Waals surface area contributed by atoms with Gasteiger partial charge in [0.2, 0.25) is 0 Å². The molecule has 0 aliphatic rings. The van der Waals surface area contributed by atoms with Crippen LogP contribution in [0.5, 0.6) is 17.2 Å². The molecule has 0 heterocycles. The summed E-state index contributed by atoms with van der Waals surface area (Å²) in [6.07, 6.45) is 0. The van der Waals surface area contributed by atoms with Crippen LogP contribution in [0.4, 0.5) is 5.69 Å². The maximum atomic E-state index is 11.2. The molecular formula is C16H15NO7. The minimum absolute atomic E-state index is 0.0835. The third-order valence-corrected chi connectivity index (χ3v) is 3.26. The first-order valence-electron chi connectivity index (χ1n) is 6.81. The van der Waals surface area contributed by atoms with E-state index >= 15 is 0 Å². The van der Waals surface area contributed by atoms with Crippen molar-refractivity contribution in [1.82, 2.24) is 0 Å². The van der Waals surface area contributed by atoms with Gasteiger partial charge in [-0.2, -0.15) is 0 Å². The number of methoxy groups -OCH3 is 2. The first kappa shape index (κ1) is 17.1. The lowest BCUT2D eigenvalue weighted by Gasteiger charge is -2.12. The van der Waals surface area contributed by atoms with Crippen molar-refractivity contribution in [2.45, 2.75) is 6.61 Å². The van der Waals surface area contributed by atoms with Crippen LogP contribution in [0.3, 0.4) is 0 Å². The SMILES string of the molecule is COc1ccc(COc2cc(C(=O)O)c([N+](=O)[O-])cc2OC)cc1. The number of nitro groups is 1. The molecule has 0 spiro atoms. The van der Waals surface area contributed by atoms with Gasteiger partial charge in [-0.1, -0.05) is 12.1 Å². The average Bonchev–Trinajstić information content (AvgIpc) is 2.59. The van der Waals surface area contributed by atoms with Gasteiger partial charge < -0.3 is 19.3 Å². The Morgan fingerprint density at radius 2 is 1.79 bits per heavy atom. The fourth-order valence-electron chi connectivity index (χ4n) is 2.03. The molecule has 2 rings (SSSR count). The highest BCUT2D eigenvalue weighted by Gasteiger charge is 2.24. The molecule has 0 fully saturated rings. The molecular weight excluding hydrogens is 318 g/mol. The van der Waals surface area contributed by atoms with E-state index in [9.17, 15) is 14.9 Å². The van der Waals surface area contributed by atoms with E-state index in [0.29, 0.717) is 5.75 Å². The smallest absolute Gasteiger partial charge is 0.342 e. The summed E-state index contributed by atoms with van der Waals surface area (Å²) < 4.78 is 15.7. The molecule has 0 aromatic heterocycles. The van der Waals surface area contributed by atoms with Crippen molar-refractivity contribution in [2.24, 2.45) is 0 Å². The van der Waals surface area contributed by atoms with Crippen LogP contribution in [-0.4, -0.2) is 30.2 Å². The summed E-state index contributed by atoms with van der Waals surface area (Å²) in [5, 5.41) is 20.1. The van der Waals surface area contributed by atoms with Gasteiger partial charge in [-0.05, 0) is 17.7 Å². The van der Waals surface area contributed by atoms with Crippen molar-refractivity contribution in [2.75, 3.05) is 14.2 Å². The zero-order valence-electron chi connectivity index (χ0n) is 13.0. The highest BCUT2D eigenvalue weighted by atomic mass is 16.6. The number of carboxylic acid groups (broad SMARTS) is 1. The lowest BCUT2D eigenvalue weighted by atomic mass is 10.1. The topological polar surface area (TPSA) is 108 Å². The van der Waals surface area contributed by atoms with Gasteiger partial charge in [-0.3, -0.25) is 10.1 Å². The molecule has 126 valence electrons. The van der Waals surface area contributed by atoms with Crippen LogP contribution in [0.25, 0.3) is 0 Å². The van der Waals surface area contributed by atoms with Gasteiger partial charge in [0.05, 0.1) is 25.2 Å². The molecule has 24 heavy (non-hydrogen) atoms. The van der Waals surface area contributed by atoms with Crippen molar-refractivity contribution in [3.8, 4) is 17.2 Å². The Hall–Kier alpha value is -3.29. The van der Waals surface area contributed by atoms with E-state index < -0.39 is 22.1 Å². The molecule has 8 nitrogen and oxygen atoms in total. The molecule has 0 radical (unpaired) electrons. The zero-order chi connectivity index (χ0) is 17.7. The van der Waals surface area contributed by atoms with E-state index in [1.807, 2.05) is 0 Å². The number of carboxylic acids is 1. The molecule has 0 amide bonds. The normalized spacial score (nSPS) is 10.1. The van der Waals surface area contributed by atoms with E-state index in [2.05, 4.69) is 0 Å². The van der Waals surface area contributed by atoms with Gasteiger partial charge in [0.1, 0.15) is 17.9 Å². The Morgan fingerprint density at radius 3 is 2.29 bits per heavy atom. The summed E-state index contributed by atoms with van der Waals surface area (Å²) in [6, 6.07) is 9.21. The third-order valence-electron chi connectivity index (χ3n) is 3.26. The fraction of sp³-hybridized carbons (Fsp3) is 0.188. The monoisotopic (exact) mass is 333 g/mol. The Labute approximate surface area is 137 Å². The standard InChI is InChI=1S/C16H15NO7/c1-22-11-5-3-10(4-6-11)9-24-15-7-12(16(18)19)13(17(20)21)8-14(15)23-2/h3-8H,9H2,1-2H3,(H,18,19). The first-order chi connectivity index (χ1) is 11.5. The van der Waals surface area contributed by atoms with Crippen LogP contribution in [-0.2, 0) is 6.61 Å². The third kappa shape index (κ3) is 3.72. The highest BCUT2D eigenvalue weighted by Crippen LogP contribution is 2.35. The highest BCUT2D eigenvalue weighted by molar-refractivity contribution is 5.93. The average molecular weight is 333 g/mol. The number of ether oxygens (including phenoxy) is 3. The van der Waals surface area contributed by atoms with E-state index in [1.54, 1.807) is 31.4 Å². The number of hydrogen-bond donors (Lipinski definition) is 1. The van der Waals surface area contributed by atoms with Gasteiger partial charge in [-0.25, -0.2) is 4.79 Å². The molecule has 8 heteroatoms. The number of aromatic carboxylic acids is 1. The maximum Gasteiger partial charge on any atom is 0.342 e. The van der Waals surface area contributed by atoms with Crippen LogP contribution >= 0.6 is 0 Å². The zero-order valence-corrected chi connectivity index (χ0v) is 13.0. The number of benzene rings is 2. The van der Waals surface area contributed by atoms with Crippen LogP contribution in [0.15, 0.2) is 36.4 Å². The van der Waals surface area contributed by atoms with E-state index in [-0.39, 0.29) is 18.1 Å². The summed E-state index contributed by atoms with van der Waals surface area (Å²) in [5.41, 5.74) is -0.213. The predicted molar refractivity (Wildman–Crippen MR) is 83.9 cm³/mol. The summed E-state index contributed by atoms with van der Waals surface area (Å²) in [6.45, 7) is 0.136. The van der Waals surface area contributed by atoms with Gasteiger partial charge in [0.15, 0.2) is 11.5 Å². The Balaban J connectivity index is 2.29. The van der Waals surface area contributed by atoms with E-state index in [0.717, 1.165) is 17.7 Å². The molecule has 0 unspecified atom stereocenters. The van der Waals surface area contributed by atoms with E-state index in [1.165, 1.54) is 7.11 Å². The maximum absolute atomic E-state index is 11.2. The predicted octanol–water partition coefficient (Wildman–Crippen LogP) is 2.89. The van der Waals surface area contributed by atoms with Crippen LogP contribution < -0.4 is 14.2 Å². The molecule has 0 aliphatic heterocycles. The minimum Gasteiger partial charge on any atom is -0.497 e. The Kier molecular flexibility index (Phi) is 5.20. The number of nitrogens with zero attached hydrogens (tertiary/aromatic N) is 1. The molecule has 2 aromatic rings. The number of carbonyl (C=O) groups is 1. The Morgan fingerprint density at radius 1 is 1.12 bits per heavy atom. The number of nitro benzene ring substituents is 1. The second kappa shape index (κ2) is 7.32. The van der Waals surface area contributed by atoms with Gasteiger partial charge in [0, 0.05) is 6.07 Å². The lowest BCUT2D eigenvalue weighted by molar-refractivity contribution is -0.385. The second-order valence-electron chi connectivity index (χ2n) is 4.72. The molecule has 0 saturated carbocycles. The van der Waals surface area contributed by atoms with Crippen LogP contribution in [0, 0.1) is 10.1 Å². The summed E-state index contributed by atoms with van der Waals surface area (Å²) >= 11 is 0. The van der Waals surface area contributed by atoms with Crippen LogP contribution in [0.2, 0.25) is 0 Å². The summed E-state index contributed by atoms with van der Waals surface area (Å²) in [5.74, 6) is -0.532. The van der Waals surface area contributed by atoms with Gasteiger partial charge in [0.25, 0.3) is 5.69 Å². The van der Waals surface area contributed by atoms with Gasteiger partial charge in [-0.15, -0.1) is 0 Å². The van der Waals surface area contributed by atoms with Crippen molar-refractivity contribution in [1.29, 1.82) is 0 Å². The molecule has 0 bridgehead atoms. The minimum atomic E-state index is -1.42. The molecule has 2 aromatic carbocycles. The van der Waals surface area contributed by atoms with Gasteiger partial charge >= 0.3 is 5.97 Å². The van der Waals surface area contributed by atoms with Crippen molar-refractivity contribution >= 4 is 11.7 Å². The quantitative estimate of drug-likeness (QED) is 0.613. The Bertz CT molecular complexity index is 756. The lowest BCUT2D eigenvalue weighted by Crippen LogP contribution is -2.05. The summed E-state index contributed by atoms with van der Waals surface area (Å²) in [7, 11) is 2.88. The number of hydrogen-bond acceptors (Lipinski definition) is 6. The first-order valence-corrected chi connectivity index (χ1v) is 6.81. The fourth-order valence-corrected chi connectivity index (χ4v) is 2.03. The molecule has 0 saturated heterocycles. The molecule has 1 N–H and O–H groups in total. The van der Waals surface area contributed by atoms with Crippen molar-refractivity contribution in [3.63, 3.8) is 0 Å². The van der Waals surface area contributed by atoms with Crippen molar-refractivity contribution < 1.29 is 29.0 Å². The summed E-state index contributed by atoms with van der Waals surface area (Å²) in [4.78, 5) is 21.4. The number of rotatable bonds is 7. The largest absolute Gasteiger partial charge is 0.497 e. The molecule has 0 atom stereocenters. The van der Waals surface area contributed by atoms with Crippen molar-refractivity contribution in [3.05, 3.63) is 57.6 Å². The molecule has 0 aliphatic carbocycles. The van der Waals surface area contributed by atoms with E-state index in [4.69, 9.17) is 19.3 Å². The van der Waals surface area contributed by atoms with Crippen LogP contribution in [0.1, 0.15) is 15.9 Å². The second-order valence-corrected chi connectivity index (χ2v) is 4.72.